The van der Waals surface area contributed by atoms with E-state index >= 15 is 0 Å². The molecule has 0 amide bonds. The van der Waals surface area contributed by atoms with Crippen LogP contribution in [0.2, 0.25) is 0 Å². The molecule has 0 spiro atoms. The van der Waals surface area contributed by atoms with Gasteiger partial charge in [0.1, 0.15) is 18.2 Å². The molecule has 0 aliphatic carbocycles. The van der Waals surface area contributed by atoms with Crippen molar-refractivity contribution in [3.8, 4) is 22.8 Å². The van der Waals surface area contributed by atoms with Gasteiger partial charge in [0, 0.05) is 42.8 Å². The molecule has 0 aromatic carbocycles. The maximum Gasteiger partial charge on any atom is 0.261 e. The van der Waals surface area contributed by atoms with Gasteiger partial charge in [0.05, 0.1) is 28.3 Å². The summed E-state index contributed by atoms with van der Waals surface area (Å²) in [5.74, 6) is 1.30. The van der Waals surface area contributed by atoms with Crippen molar-refractivity contribution in [2.24, 2.45) is 7.05 Å². The minimum Gasteiger partial charge on any atom is -0.487 e. The van der Waals surface area contributed by atoms with Gasteiger partial charge in [-0.05, 0) is 44.5 Å². The van der Waals surface area contributed by atoms with Gasteiger partial charge in [-0.15, -0.1) is 0 Å². The maximum absolute atomic E-state index is 13.4. The highest BCUT2D eigenvalue weighted by molar-refractivity contribution is 5.59. The van der Waals surface area contributed by atoms with Gasteiger partial charge < -0.3 is 4.74 Å². The lowest BCUT2D eigenvalue weighted by molar-refractivity contribution is 0.296. The molecule has 0 aliphatic rings. The first-order valence-corrected chi connectivity index (χ1v) is 11.2. The van der Waals surface area contributed by atoms with Crippen LogP contribution in [0.25, 0.3) is 17.1 Å². The first-order chi connectivity index (χ1) is 16.0. The predicted octanol–water partition coefficient (Wildman–Crippen LogP) is 4.22. The van der Waals surface area contributed by atoms with Crippen LogP contribution in [0.1, 0.15) is 49.1 Å². The van der Waals surface area contributed by atoms with Crippen molar-refractivity contribution < 1.29 is 4.74 Å². The Kier molecular flexibility index (Phi) is 6.08. The summed E-state index contributed by atoms with van der Waals surface area (Å²) in [5.41, 5.74) is 4.86. The summed E-state index contributed by atoms with van der Waals surface area (Å²) in [6, 6.07) is 7.53. The van der Waals surface area contributed by atoms with Crippen molar-refractivity contribution in [1.29, 1.82) is 0 Å². The van der Waals surface area contributed by atoms with E-state index in [0.717, 1.165) is 34.2 Å². The van der Waals surface area contributed by atoms with Crippen molar-refractivity contribution in [3.63, 3.8) is 0 Å². The molecule has 0 fully saturated rings. The van der Waals surface area contributed by atoms with Crippen LogP contribution in [0.5, 0.6) is 5.75 Å². The molecule has 4 rings (SSSR count). The highest BCUT2D eigenvalue weighted by Gasteiger charge is 2.19. The Morgan fingerprint density at radius 3 is 2.47 bits per heavy atom. The SMILES string of the molecule is Cc1cnc(-c2ccnc(C(C)(C)C)n2)cc1-n1c(C)cc(OCc2ccn(C)n2)c(C)c1=O. The molecule has 4 aromatic heterocycles. The minimum absolute atomic E-state index is 0.130. The smallest absolute Gasteiger partial charge is 0.261 e. The standard InChI is InChI=1S/C26H30N6O2/c1-16-14-28-21(20-8-10-27-25(29-20)26(4,5)6)13-22(16)32-17(2)12-23(18(3)24(32)33)34-15-19-9-11-31(7)30-19/h8-14H,15H2,1-7H3. The Labute approximate surface area is 199 Å². The molecule has 0 atom stereocenters. The second-order valence-corrected chi connectivity index (χ2v) is 9.56. The topological polar surface area (TPSA) is 87.7 Å². The number of hydrogen-bond acceptors (Lipinski definition) is 6. The first kappa shape index (κ1) is 23.4. The lowest BCUT2D eigenvalue weighted by Gasteiger charge is -2.18. The summed E-state index contributed by atoms with van der Waals surface area (Å²) in [7, 11) is 1.86. The van der Waals surface area contributed by atoms with Crippen LogP contribution in [-0.2, 0) is 19.1 Å². The van der Waals surface area contributed by atoms with E-state index in [2.05, 4.69) is 35.8 Å². The largest absolute Gasteiger partial charge is 0.487 e. The fourth-order valence-corrected chi connectivity index (χ4v) is 3.69. The number of ether oxygens (including phenoxy) is 1. The Hall–Kier alpha value is -3.81. The van der Waals surface area contributed by atoms with Gasteiger partial charge in [-0.2, -0.15) is 5.10 Å². The quantitative estimate of drug-likeness (QED) is 0.445. The van der Waals surface area contributed by atoms with Crippen LogP contribution >= 0.6 is 0 Å². The van der Waals surface area contributed by atoms with Crippen molar-refractivity contribution in [1.82, 2.24) is 29.3 Å². The average Bonchev–Trinajstić information content (AvgIpc) is 3.21. The normalized spacial score (nSPS) is 11.6. The summed E-state index contributed by atoms with van der Waals surface area (Å²) >= 11 is 0. The molecule has 8 nitrogen and oxygen atoms in total. The van der Waals surface area contributed by atoms with Gasteiger partial charge in [-0.1, -0.05) is 20.8 Å². The van der Waals surface area contributed by atoms with Crippen LogP contribution in [-0.4, -0.2) is 29.3 Å². The van der Waals surface area contributed by atoms with E-state index < -0.39 is 0 Å². The number of aromatic nitrogens is 6. The summed E-state index contributed by atoms with van der Waals surface area (Å²) in [4.78, 5) is 27.1. The van der Waals surface area contributed by atoms with E-state index in [1.54, 1.807) is 28.6 Å². The van der Waals surface area contributed by atoms with Crippen LogP contribution in [0, 0.1) is 20.8 Å². The molecule has 0 saturated heterocycles. The minimum atomic E-state index is -0.181. The number of pyridine rings is 2. The van der Waals surface area contributed by atoms with Gasteiger partial charge in [-0.25, -0.2) is 9.97 Å². The summed E-state index contributed by atoms with van der Waals surface area (Å²) in [6.07, 6.45) is 5.39. The molecule has 0 saturated carbocycles. The van der Waals surface area contributed by atoms with E-state index in [4.69, 9.17) is 9.72 Å². The third kappa shape index (κ3) is 4.62. The molecular formula is C26H30N6O2. The zero-order valence-corrected chi connectivity index (χ0v) is 20.7. The van der Waals surface area contributed by atoms with Crippen LogP contribution < -0.4 is 10.3 Å². The number of aryl methyl sites for hydroxylation is 3. The molecule has 0 aliphatic heterocycles. The molecule has 4 heterocycles. The predicted molar refractivity (Wildman–Crippen MR) is 131 cm³/mol. The van der Waals surface area contributed by atoms with Gasteiger partial charge in [-0.3, -0.25) is 19.0 Å². The third-order valence-electron chi connectivity index (χ3n) is 5.64. The molecule has 0 unspecified atom stereocenters. The molecule has 176 valence electrons. The number of nitrogens with zero attached hydrogens (tertiary/aromatic N) is 6. The highest BCUT2D eigenvalue weighted by Crippen LogP contribution is 2.26. The van der Waals surface area contributed by atoms with Crippen molar-refractivity contribution >= 4 is 0 Å². The molecule has 0 N–H and O–H groups in total. The Morgan fingerprint density at radius 2 is 1.79 bits per heavy atom. The molecule has 34 heavy (non-hydrogen) atoms. The van der Waals surface area contributed by atoms with Gasteiger partial charge >= 0.3 is 0 Å². The lowest BCUT2D eigenvalue weighted by atomic mass is 9.95. The third-order valence-corrected chi connectivity index (χ3v) is 5.64. The molecule has 0 radical (unpaired) electrons. The zero-order valence-electron chi connectivity index (χ0n) is 20.7. The fraction of sp³-hybridized carbons (Fsp3) is 0.346. The van der Waals surface area contributed by atoms with Crippen LogP contribution in [0.15, 0.2) is 47.7 Å². The molecule has 0 bridgehead atoms. The summed E-state index contributed by atoms with van der Waals surface area (Å²) in [5, 5.41) is 4.33. The van der Waals surface area contributed by atoms with E-state index in [9.17, 15) is 4.79 Å². The second kappa shape index (κ2) is 8.85. The van der Waals surface area contributed by atoms with Crippen LogP contribution in [0.3, 0.4) is 0 Å². The summed E-state index contributed by atoms with van der Waals surface area (Å²) < 4.78 is 9.37. The van der Waals surface area contributed by atoms with Crippen molar-refractivity contribution in [2.75, 3.05) is 0 Å². The zero-order chi connectivity index (χ0) is 24.6. The number of hydrogen-bond donors (Lipinski definition) is 0. The Balaban J connectivity index is 1.73. The van der Waals surface area contributed by atoms with Gasteiger partial charge in [0.15, 0.2) is 0 Å². The molecule has 4 aromatic rings. The van der Waals surface area contributed by atoms with Gasteiger partial charge in [0.25, 0.3) is 5.56 Å². The maximum atomic E-state index is 13.4. The van der Waals surface area contributed by atoms with Gasteiger partial charge in [0.2, 0.25) is 0 Å². The van der Waals surface area contributed by atoms with E-state index in [-0.39, 0.29) is 11.0 Å². The monoisotopic (exact) mass is 458 g/mol. The fourth-order valence-electron chi connectivity index (χ4n) is 3.69. The highest BCUT2D eigenvalue weighted by atomic mass is 16.5. The van der Waals surface area contributed by atoms with Crippen molar-refractivity contribution in [2.45, 2.75) is 53.6 Å². The van der Waals surface area contributed by atoms with E-state index in [1.165, 1.54) is 0 Å². The van der Waals surface area contributed by atoms with Crippen molar-refractivity contribution in [3.05, 3.63) is 81.5 Å². The lowest BCUT2D eigenvalue weighted by Crippen LogP contribution is -2.24. The van der Waals surface area contributed by atoms with E-state index in [1.807, 2.05) is 51.4 Å². The molecular weight excluding hydrogens is 428 g/mol. The number of rotatable bonds is 5. The Bertz CT molecular complexity index is 1410. The Morgan fingerprint density at radius 1 is 1.03 bits per heavy atom. The van der Waals surface area contributed by atoms with E-state index in [0.29, 0.717) is 23.6 Å². The summed E-state index contributed by atoms with van der Waals surface area (Å²) in [6.45, 7) is 12.1. The van der Waals surface area contributed by atoms with Crippen LogP contribution in [0.4, 0.5) is 0 Å². The second-order valence-electron chi connectivity index (χ2n) is 9.56. The first-order valence-electron chi connectivity index (χ1n) is 11.2. The molecule has 8 heteroatoms. The average molecular weight is 459 g/mol.